The van der Waals surface area contributed by atoms with Crippen molar-refractivity contribution < 1.29 is 9.13 Å². The molecule has 6 heteroatoms. The first kappa shape index (κ1) is 14.2. The summed E-state index contributed by atoms with van der Waals surface area (Å²) < 4.78 is 19.3. The molecule has 98 valence electrons. The largest absolute Gasteiger partial charge is 0.457 e. The van der Waals surface area contributed by atoms with Crippen LogP contribution in [0.2, 0.25) is 5.02 Å². The Bertz CT molecular complexity index is 630. The van der Waals surface area contributed by atoms with Gasteiger partial charge in [-0.3, -0.25) is 0 Å². The van der Waals surface area contributed by atoms with Crippen molar-refractivity contribution >= 4 is 44.7 Å². The van der Waals surface area contributed by atoms with Gasteiger partial charge in [-0.25, -0.2) is 4.39 Å². The lowest BCUT2D eigenvalue weighted by Gasteiger charge is -2.08. The molecular formula is C13H8BrClFNOS. The monoisotopic (exact) mass is 359 g/mol. The summed E-state index contributed by atoms with van der Waals surface area (Å²) in [5.74, 6) is 0.448. The van der Waals surface area contributed by atoms with E-state index in [0.717, 1.165) is 0 Å². The molecule has 0 aliphatic rings. The molecule has 19 heavy (non-hydrogen) atoms. The lowest BCUT2D eigenvalue weighted by Crippen LogP contribution is -2.09. The van der Waals surface area contributed by atoms with Gasteiger partial charge in [-0.15, -0.1) is 0 Å². The first-order chi connectivity index (χ1) is 8.95. The first-order valence-corrected chi connectivity index (χ1v) is 6.77. The molecule has 0 atom stereocenters. The molecule has 0 heterocycles. The second kappa shape index (κ2) is 5.86. The van der Waals surface area contributed by atoms with Crippen molar-refractivity contribution in [2.24, 2.45) is 5.73 Å². The van der Waals surface area contributed by atoms with Gasteiger partial charge in [-0.05, 0) is 24.3 Å². The summed E-state index contributed by atoms with van der Waals surface area (Å²) in [7, 11) is 0. The highest BCUT2D eigenvalue weighted by atomic mass is 79.9. The van der Waals surface area contributed by atoms with E-state index in [9.17, 15) is 4.39 Å². The van der Waals surface area contributed by atoms with Gasteiger partial charge in [0.15, 0.2) is 0 Å². The molecule has 0 aliphatic carbocycles. The highest BCUT2D eigenvalue weighted by molar-refractivity contribution is 9.10. The van der Waals surface area contributed by atoms with E-state index in [1.54, 1.807) is 24.3 Å². The minimum absolute atomic E-state index is 0.213. The van der Waals surface area contributed by atoms with Gasteiger partial charge in [0.25, 0.3) is 0 Å². The molecule has 2 aromatic carbocycles. The highest BCUT2D eigenvalue weighted by Crippen LogP contribution is 2.29. The zero-order valence-corrected chi connectivity index (χ0v) is 12.7. The van der Waals surface area contributed by atoms with Gasteiger partial charge >= 0.3 is 0 Å². The summed E-state index contributed by atoms with van der Waals surface area (Å²) in [5.41, 5.74) is 6.08. The summed E-state index contributed by atoms with van der Waals surface area (Å²) in [6.45, 7) is 0. The van der Waals surface area contributed by atoms with Crippen LogP contribution < -0.4 is 10.5 Å². The number of hydrogen-bond acceptors (Lipinski definition) is 2. The molecule has 0 bridgehead atoms. The Morgan fingerprint density at radius 3 is 2.53 bits per heavy atom. The molecule has 0 saturated carbocycles. The number of nitrogens with two attached hydrogens (primary N) is 1. The van der Waals surface area contributed by atoms with E-state index in [4.69, 9.17) is 34.3 Å². The molecule has 0 aromatic heterocycles. The van der Waals surface area contributed by atoms with Crippen LogP contribution in [0, 0.1) is 5.82 Å². The maximum atomic E-state index is 13.2. The van der Waals surface area contributed by atoms with Crippen molar-refractivity contribution in [3.05, 3.63) is 57.3 Å². The predicted octanol–water partition coefficient (Wildman–Crippen LogP) is 4.67. The molecule has 0 spiro atoms. The van der Waals surface area contributed by atoms with Crippen LogP contribution in [0.4, 0.5) is 4.39 Å². The van der Waals surface area contributed by atoms with Crippen molar-refractivity contribution in [3.63, 3.8) is 0 Å². The third-order valence-electron chi connectivity index (χ3n) is 2.28. The van der Waals surface area contributed by atoms with E-state index in [-0.39, 0.29) is 4.99 Å². The van der Waals surface area contributed by atoms with Gasteiger partial charge in [0.05, 0.1) is 5.02 Å². The van der Waals surface area contributed by atoms with Crippen molar-refractivity contribution in [2.45, 2.75) is 0 Å². The molecule has 0 saturated heterocycles. The average Bonchev–Trinajstić information content (AvgIpc) is 2.26. The lowest BCUT2D eigenvalue weighted by molar-refractivity contribution is 0.476. The number of benzene rings is 2. The third-order valence-corrected chi connectivity index (χ3v) is 3.27. The Kier molecular flexibility index (Phi) is 4.39. The normalized spacial score (nSPS) is 10.3. The summed E-state index contributed by atoms with van der Waals surface area (Å²) in [5, 5.41) is 0.389. The quantitative estimate of drug-likeness (QED) is 0.808. The standard InChI is InChI=1S/C13H8BrClFNOS/c14-7-3-8(16)5-10(4-7)18-9-1-2-11(13(17)19)12(15)6-9/h1-6H,(H2,17,19). The molecule has 0 fully saturated rings. The Morgan fingerprint density at radius 2 is 1.95 bits per heavy atom. The zero-order chi connectivity index (χ0) is 14.0. The van der Waals surface area contributed by atoms with Crippen molar-refractivity contribution in [1.29, 1.82) is 0 Å². The minimum Gasteiger partial charge on any atom is -0.457 e. The van der Waals surface area contributed by atoms with Gasteiger partial charge in [0.2, 0.25) is 0 Å². The van der Waals surface area contributed by atoms with Gasteiger partial charge in [-0.2, -0.15) is 0 Å². The predicted molar refractivity (Wildman–Crippen MR) is 81.5 cm³/mol. The van der Waals surface area contributed by atoms with E-state index in [1.807, 2.05) is 0 Å². The Hall–Kier alpha value is -1.17. The maximum Gasteiger partial charge on any atom is 0.131 e. The minimum atomic E-state index is -0.393. The van der Waals surface area contributed by atoms with Crippen molar-refractivity contribution in [2.75, 3.05) is 0 Å². The SMILES string of the molecule is NC(=S)c1ccc(Oc2cc(F)cc(Br)c2)cc1Cl. The summed E-state index contributed by atoms with van der Waals surface area (Å²) in [6, 6.07) is 9.18. The molecule has 0 radical (unpaired) electrons. The fraction of sp³-hybridized carbons (Fsp3) is 0. The van der Waals surface area contributed by atoms with Crippen LogP contribution >= 0.6 is 39.7 Å². The number of hydrogen-bond donors (Lipinski definition) is 1. The lowest BCUT2D eigenvalue weighted by atomic mass is 10.2. The third kappa shape index (κ3) is 3.65. The number of halogens is 3. The van der Waals surface area contributed by atoms with Crippen LogP contribution in [0.3, 0.4) is 0 Å². The summed E-state index contributed by atoms with van der Waals surface area (Å²) in [4.78, 5) is 0.213. The van der Waals surface area contributed by atoms with Crippen molar-refractivity contribution in [3.8, 4) is 11.5 Å². The van der Waals surface area contributed by atoms with Gasteiger partial charge < -0.3 is 10.5 Å². The van der Waals surface area contributed by atoms with E-state index in [1.165, 1.54) is 12.1 Å². The van der Waals surface area contributed by atoms with Crippen LogP contribution in [-0.4, -0.2) is 4.99 Å². The number of thiocarbonyl (C=S) groups is 1. The molecule has 2 N–H and O–H groups in total. The summed E-state index contributed by atoms with van der Waals surface area (Å²) in [6.07, 6.45) is 0. The van der Waals surface area contributed by atoms with Crippen LogP contribution in [0.25, 0.3) is 0 Å². The zero-order valence-electron chi connectivity index (χ0n) is 9.49. The summed E-state index contributed by atoms with van der Waals surface area (Å²) >= 11 is 14.1. The number of ether oxygens (including phenoxy) is 1. The Morgan fingerprint density at radius 1 is 1.21 bits per heavy atom. The van der Waals surface area contributed by atoms with Crippen LogP contribution in [0.5, 0.6) is 11.5 Å². The fourth-order valence-electron chi connectivity index (χ4n) is 1.48. The second-order valence-corrected chi connectivity index (χ2v) is 5.48. The Labute approximate surface area is 128 Å². The first-order valence-electron chi connectivity index (χ1n) is 5.19. The average molecular weight is 361 g/mol. The van der Waals surface area contributed by atoms with Gasteiger partial charge in [0, 0.05) is 22.2 Å². The number of rotatable bonds is 3. The molecule has 2 nitrogen and oxygen atoms in total. The Balaban J connectivity index is 2.28. The van der Waals surface area contributed by atoms with E-state index < -0.39 is 5.82 Å². The molecule has 0 unspecified atom stereocenters. The van der Waals surface area contributed by atoms with E-state index in [2.05, 4.69) is 15.9 Å². The van der Waals surface area contributed by atoms with Crippen LogP contribution in [0.1, 0.15) is 5.56 Å². The van der Waals surface area contributed by atoms with Crippen LogP contribution in [-0.2, 0) is 0 Å². The molecule has 0 amide bonds. The van der Waals surface area contributed by atoms with Gasteiger partial charge in [0.1, 0.15) is 22.3 Å². The second-order valence-electron chi connectivity index (χ2n) is 3.71. The smallest absolute Gasteiger partial charge is 0.131 e. The maximum absolute atomic E-state index is 13.2. The molecular weight excluding hydrogens is 353 g/mol. The van der Waals surface area contributed by atoms with Gasteiger partial charge in [-0.1, -0.05) is 39.7 Å². The van der Waals surface area contributed by atoms with E-state index >= 15 is 0 Å². The topological polar surface area (TPSA) is 35.2 Å². The highest BCUT2D eigenvalue weighted by Gasteiger charge is 2.07. The van der Waals surface area contributed by atoms with E-state index in [0.29, 0.717) is 26.6 Å². The van der Waals surface area contributed by atoms with Crippen LogP contribution in [0.15, 0.2) is 40.9 Å². The fourth-order valence-corrected chi connectivity index (χ4v) is 2.43. The molecule has 2 rings (SSSR count). The molecule has 0 aliphatic heterocycles. The molecule has 2 aromatic rings. The van der Waals surface area contributed by atoms with Crippen molar-refractivity contribution in [1.82, 2.24) is 0 Å².